The van der Waals surface area contributed by atoms with Gasteiger partial charge in [-0.05, 0) is 0 Å². The maximum atomic E-state index is 11.5. The van der Waals surface area contributed by atoms with Crippen molar-refractivity contribution in [3.8, 4) is 0 Å². The van der Waals surface area contributed by atoms with Gasteiger partial charge in [0.25, 0.3) is 0 Å². The highest BCUT2D eigenvalue weighted by molar-refractivity contribution is 5.84. The van der Waals surface area contributed by atoms with Crippen LogP contribution in [0, 0.1) is 0 Å². The molecule has 2 aromatic heterocycles. The first-order chi connectivity index (χ1) is 10.0. The van der Waals surface area contributed by atoms with E-state index in [1.807, 2.05) is 0 Å². The summed E-state index contributed by atoms with van der Waals surface area (Å²) in [4.78, 5) is 29.9. The summed E-state index contributed by atoms with van der Waals surface area (Å²) >= 11 is 0. The summed E-state index contributed by atoms with van der Waals surface area (Å²) in [5.74, 6) is -0.560. The molecule has 0 atom stereocenters. The molecule has 21 heavy (non-hydrogen) atoms. The van der Waals surface area contributed by atoms with Gasteiger partial charge in [0.15, 0.2) is 11.5 Å². The number of aromatic nitrogens is 5. The minimum absolute atomic E-state index is 0.0272. The van der Waals surface area contributed by atoms with Gasteiger partial charge in [0.1, 0.15) is 6.33 Å². The average molecular weight is 293 g/mol. The van der Waals surface area contributed by atoms with E-state index in [1.54, 1.807) is 22.6 Å². The number of nitrogens with one attached hydrogen (secondary N) is 2. The van der Waals surface area contributed by atoms with E-state index in [4.69, 9.17) is 5.11 Å². The maximum Gasteiger partial charge on any atom is 0.356 e. The van der Waals surface area contributed by atoms with Crippen LogP contribution in [0.3, 0.4) is 0 Å². The lowest BCUT2D eigenvalue weighted by molar-refractivity contribution is 0.0691. The fourth-order valence-corrected chi connectivity index (χ4v) is 1.58. The summed E-state index contributed by atoms with van der Waals surface area (Å²) in [6, 6.07) is -0.346. The van der Waals surface area contributed by atoms with Gasteiger partial charge in [-0.25, -0.2) is 19.6 Å². The molecule has 112 valence electrons. The van der Waals surface area contributed by atoms with E-state index in [-0.39, 0.29) is 18.3 Å². The fourth-order valence-electron chi connectivity index (χ4n) is 1.58. The van der Waals surface area contributed by atoms with Crippen LogP contribution >= 0.6 is 0 Å². The van der Waals surface area contributed by atoms with Gasteiger partial charge in [-0.1, -0.05) is 0 Å². The molecule has 0 aliphatic carbocycles. The first kappa shape index (κ1) is 14.5. The lowest BCUT2D eigenvalue weighted by Gasteiger charge is -2.06. The Labute approximate surface area is 119 Å². The molecule has 0 radical (unpaired) electrons. The zero-order valence-corrected chi connectivity index (χ0v) is 11.4. The molecule has 10 nitrogen and oxygen atoms in total. The number of carboxylic acids is 1. The zero-order chi connectivity index (χ0) is 15.2. The normalized spacial score (nSPS) is 10.3. The van der Waals surface area contributed by atoms with E-state index in [0.29, 0.717) is 18.9 Å². The van der Waals surface area contributed by atoms with Crippen LogP contribution in [-0.4, -0.2) is 48.0 Å². The number of aromatic carboxylic acids is 1. The second kappa shape index (κ2) is 6.50. The van der Waals surface area contributed by atoms with Crippen molar-refractivity contribution >= 4 is 12.0 Å². The number of urea groups is 1. The molecule has 0 saturated heterocycles. The summed E-state index contributed by atoms with van der Waals surface area (Å²) in [6.45, 7) is 1.01. The van der Waals surface area contributed by atoms with Gasteiger partial charge in [0.2, 0.25) is 0 Å². The third kappa shape index (κ3) is 4.30. The number of rotatable bonds is 6. The first-order valence-corrected chi connectivity index (χ1v) is 6.16. The van der Waals surface area contributed by atoms with Crippen LogP contribution in [0.15, 0.2) is 18.9 Å². The predicted octanol–water partition coefficient (Wildman–Crippen LogP) is -0.791. The van der Waals surface area contributed by atoms with Gasteiger partial charge in [0, 0.05) is 26.3 Å². The van der Waals surface area contributed by atoms with E-state index >= 15 is 0 Å². The van der Waals surface area contributed by atoms with Gasteiger partial charge < -0.3 is 20.3 Å². The van der Waals surface area contributed by atoms with Gasteiger partial charge in [-0.15, -0.1) is 0 Å². The average Bonchev–Trinajstić information content (AvgIpc) is 3.05. The van der Waals surface area contributed by atoms with Crippen molar-refractivity contribution in [2.45, 2.75) is 13.1 Å². The summed E-state index contributed by atoms with van der Waals surface area (Å²) < 4.78 is 3.14. The van der Waals surface area contributed by atoms with E-state index in [0.717, 1.165) is 0 Å². The zero-order valence-electron chi connectivity index (χ0n) is 11.4. The van der Waals surface area contributed by atoms with Crippen LogP contribution in [-0.2, 0) is 20.1 Å². The molecule has 0 saturated carbocycles. The van der Waals surface area contributed by atoms with Crippen LogP contribution in [0.4, 0.5) is 4.79 Å². The molecule has 2 rings (SSSR count). The van der Waals surface area contributed by atoms with Crippen molar-refractivity contribution < 1.29 is 14.7 Å². The molecule has 0 aromatic carbocycles. The largest absolute Gasteiger partial charge is 0.476 e. The second-order valence-electron chi connectivity index (χ2n) is 4.25. The molecular formula is C11H15N7O3. The number of hydrogen-bond donors (Lipinski definition) is 3. The monoisotopic (exact) mass is 293 g/mol. The molecule has 0 spiro atoms. The van der Waals surface area contributed by atoms with Crippen LogP contribution in [0.1, 0.15) is 16.3 Å². The smallest absolute Gasteiger partial charge is 0.356 e. The topological polar surface area (TPSA) is 127 Å². The van der Waals surface area contributed by atoms with E-state index in [2.05, 4.69) is 25.7 Å². The summed E-state index contributed by atoms with van der Waals surface area (Å²) in [6.07, 6.45) is 4.36. The van der Waals surface area contributed by atoms with Crippen LogP contribution in [0.5, 0.6) is 0 Å². The van der Waals surface area contributed by atoms with Crippen molar-refractivity contribution in [3.05, 3.63) is 30.4 Å². The minimum Gasteiger partial charge on any atom is -0.476 e. The van der Waals surface area contributed by atoms with Crippen molar-refractivity contribution in [2.24, 2.45) is 7.05 Å². The molecule has 0 fully saturated rings. The molecule has 0 unspecified atom stereocenters. The summed E-state index contributed by atoms with van der Waals surface area (Å²) in [5.41, 5.74) is -0.0272. The van der Waals surface area contributed by atoms with Gasteiger partial charge in [-0.3, -0.25) is 4.68 Å². The summed E-state index contributed by atoms with van der Waals surface area (Å²) in [7, 11) is 1.74. The number of imidazole rings is 1. The van der Waals surface area contributed by atoms with Crippen molar-refractivity contribution in [2.75, 3.05) is 6.54 Å². The quantitative estimate of drug-likeness (QED) is 0.640. The Kier molecular flexibility index (Phi) is 4.49. The minimum atomic E-state index is -1.08. The highest BCUT2D eigenvalue weighted by Gasteiger charge is 2.07. The highest BCUT2D eigenvalue weighted by Crippen LogP contribution is 1.95. The molecule has 3 N–H and O–H groups in total. The molecule has 0 aliphatic rings. The maximum absolute atomic E-state index is 11.5. The molecule has 2 amide bonds. The summed E-state index contributed by atoms with van der Waals surface area (Å²) in [5, 5.41) is 18.0. The second-order valence-corrected chi connectivity index (χ2v) is 4.25. The molecule has 2 aromatic rings. The Morgan fingerprint density at radius 2 is 2.10 bits per heavy atom. The Bertz CT molecular complexity index is 633. The Hall–Kier alpha value is -2.91. The Morgan fingerprint density at radius 1 is 1.29 bits per heavy atom. The predicted molar refractivity (Wildman–Crippen MR) is 70.4 cm³/mol. The molecule has 2 heterocycles. The van der Waals surface area contributed by atoms with E-state index < -0.39 is 5.97 Å². The van der Waals surface area contributed by atoms with Crippen molar-refractivity contribution in [1.82, 2.24) is 34.9 Å². The number of carboxylic acid groups (broad SMARTS) is 1. The molecule has 0 aliphatic heterocycles. The van der Waals surface area contributed by atoms with E-state index in [1.165, 1.54) is 12.5 Å². The van der Waals surface area contributed by atoms with E-state index in [9.17, 15) is 9.59 Å². The number of carbonyl (C=O) groups excluding carboxylic acids is 1. The number of nitrogens with zero attached hydrogens (tertiary/aromatic N) is 5. The number of carbonyl (C=O) groups is 2. The fraction of sp³-hybridized carbons (Fsp3) is 0.364. The van der Waals surface area contributed by atoms with Gasteiger partial charge in [0.05, 0.1) is 12.9 Å². The van der Waals surface area contributed by atoms with Crippen molar-refractivity contribution in [1.29, 1.82) is 0 Å². The molecule has 0 bridgehead atoms. The van der Waals surface area contributed by atoms with Crippen LogP contribution < -0.4 is 10.6 Å². The lowest BCUT2D eigenvalue weighted by atomic mass is 10.5. The number of amides is 2. The first-order valence-electron chi connectivity index (χ1n) is 6.16. The Morgan fingerprint density at radius 3 is 2.71 bits per heavy atom. The lowest BCUT2D eigenvalue weighted by Crippen LogP contribution is -2.37. The molecular weight excluding hydrogens is 278 g/mol. The third-order valence-corrected chi connectivity index (χ3v) is 2.56. The number of hydrogen-bond acceptors (Lipinski definition) is 5. The van der Waals surface area contributed by atoms with Gasteiger partial charge >= 0.3 is 12.0 Å². The highest BCUT2D eigenvalue weighted by atomic mass is 16.4. The Balaban J connectivity index is 1.67. The number of aryl methyl sites for hydroxylation is 1. The van der Waals surface area contributed by atoms with Gasteiger partial charge in [-0.2, -0.15) is 5.10 Å². The molecule has 10 heteroatoms. The third-order valence-electron chi connectivity index (χ3n) is 2.56. The van der Waals surface area contributed by atoms with Crippen LogP contribution in [0.2, 0.25) is 0 Å². The SMILES string of the molecule is Cn1cnc(CNC(=O)NCCn2cnc(C(=O)O)c2)n1. The standard InChI is InChI=1S/C11H15N7O3/c1-17-6-15-9(16-17)4-13-11(21)12-2-3-18-5-8(10(19)20)14-7-18/h5-7H,2-4H2,1H3,(H,19,20)(H2,12,13,21). The van der Waals surface area contributed by atoms with Crippen molar-refractivity contribution in [3.63, 3.8) is 0 Å². The van der Waals surface area contributed by atoms with Crippen LogP contribution in [0.25, 0.3) is 0 Å².